The SMILES string of the molecule is O=C(O)C1(C(=O)NC2CCCc3nc(-c4ccc(F)cc4)sc32)CC1. The number of fused-ring (bicyclic) bond motifs is 1. The summed E-state index contributed by atoms with van der Waals surface area (Å²) in [6.45, 7) is 0. The van der Waals surface area contributed by atoms with E-state index in [4.69, 9.17) is 0 Å². The Morgan fingerprint density at radius 1 is 1.28 bits per heavy atom. The Morgan fingerprint density at radius 2 is 2.00 bits per heavy atom. The number of hydrogen-bond acceptors (Lipinski definition) is 4. The normalized spacial score (nSPS) is 20.6. The maximum atomic E-state index is 13.1. The van der Waals surface area contributed by atoms with E-state index in [0.29, 0.717) is 12.8 Å². The van der Waals surface area contributed by atoms with Gasteiger partial charge in [0.2, 0.25) is 5.91 Å². The van der Waals surface area contributed by atoms with Crippen LogP contribution in [0.1, 0.15) is 42.3 Å². The molecule has 0 bridgehead atoms. The molecule has 2 N–H and O–H groups in total. The lowest BCUT2D eigenvalue weighted by Gasteiger charge is -2.24. The molecule has 5 nitrogen and oxygen atoms in total. The van der Waals surface area contributed by atoms with E-state index in [0.717, 1.165) is 40.4 Å². The van der Waals surface area contributed by atoms with Crippen LogP contribution in [0.3, 0.4) is 0 Å². The van der Waals surface area contributed by atoms with Crippen LogP contribution in [-0.4, -0.2) is 22.0 Å². The first kappa shape index (κ1) is 16.2. The van der Waals surface area contributed by atoms with E-state index in [1.54, 1.807) is 12.1 Å². The van der Waals surface area contributed by atoms with Gasteiger partial charge in [-0.1, -0.05) is 0 Å². The van der Waals surface area contributed by atoms with Crippen LogP contribution in [0.2, 0.25) is 0 Å². The molecule has 1 aromatic carbocycles. The van der Waals surface area contributed by atoms with Gasteiger partial charge in [0, 0.05) is 5.56 Å². The third kappa shape index (κ3) is 2.82. The molecule has 2 aliphatic rings. The summed E-state index contributed by atoms with van der Waals surface area (Å²) in [6, 6.07) is 5.99. The van der Waals surface area contributed by atoms with Gasteiger partial charge in [0.05, 0.1) is 16.6 Å². The van der Waals surface area contributed by atoms with Gasteiger partial charge in [-0.15, -0.1) is 11.3 Å². The molecule has 1 aromatic heterocycles. The van der Waals surface area contributed by atoms with Gasteiger partial charge in [0.25, 0.3) is 0 Å². The minimum atomic E-state index is -1.23. The molecule has 0 radical (unpaired) electrons. The molecule has 25 heavy (non-hydrogen) atoms. The molecule has 7 heteroatoms. The molecule has 1 heterocycles. The van der Waals surface area contributed by atoms with Gasteiger partial charge in [-0.2, -0.15) is 0 Å². The summed E-state index contributed by atoms with van der Waals surface area (Å²) in [6.07, 6.45) is 3.31. The van der Waals surface area contributed by atoms with Crippen molar-refractivity contribution in [3.63, 3.8) is 0 Å². The number of benzene rings is 1. The Hall–Kier alpha value is -2.28. The third-order valence-electron chi connectivity index (χ3n) is 4.94. The number of carbonyl (C=O) groups excluding carboxylic acids is 1. The van der Waals surface area contributed by atoms with Crippen LogP contribution in [-0.2, 0) is 16.0 Å². The number of rotatable bonds is 4. The van der Waals surface area contributed by atoms with E-state index in [-0.39, 0.29) is 11.9 Å². The molecule has 1 atom stereocenters. The Balaban J connectivity index is 1.59. The number of aromatic nitrogens is 1. The predicted octanol–water partition coefficient (Wildman–Crippen LogP) is 3.31. The highest BCUT2D eigenvalue weighted by atomic mass is 32.1. The monoisotopic (exact) mass is 360 g/mol. The zero-order valence-corrected chi connectivity index (χ0v) is 14.2. The number of amides is 1. The Morgan fingerprint density at radius 3 is 2.64 bits per heavy atom. The van der Waals surface area contributed by atoms with E-state index >= 15 is 0 Å². The van der Waals surface area contributed by atoms with Crippen LogP contribution in [0.5, 0.6) is 0 Å². The second kappa shape index (κ2) is 5.91. The van der Waals surface area contributed by atoms with Crippen LogP contribution in [0.25, 0.3) is 10.6 Å². The van der Waals surface area contributed by atoms with Crippen LogP contribution >= 0.6 is 11.3 Å². The number of aliphatic carboxylic acids is 1. The molecule has 2 aliphatic carbocycles. The van der Waals surface area contributed by atoms with Gasteiger partial charge in [0.1, 0.15) is 16.2 Å². The summed E-state index contributed by atoms with van der Waals surface area (Å²) in [7, 11) is 0. The number of nitrogens with one attached hydrogen (secondary N) is 1. The lowest BCUT2D eigenvalue weighted by Crippen LogP contribution is -2.39. The van der Waals surface area contributed by atoms with Gasteiger partial charge in [0.15, 0.2) is 0 Å². The molecule has 0 spiro atoms. The summed E-state index contributed by atoms with van der Waals surface area (Å²) in [5.74, 6) is -1.73. The van der Waals surface area contributed by atoms with Crippen molar-refractivity contribution in [2.24, 2.45) is 5.41 Å². The highest BCUT2D eigenvalue weighted by Gasteiger charge is 2.57. The van der Waals surface area contributed by atoms with Crippen molar-refractivity contribution in [3.05, 3.63) is 40.7 Å². The maximum absolute atomic E-state index is 13.1. The second-order valence-electron chi connectivity index (χ2n) is 6.64. The Bertz CT molecular complexity index is 843. The average Bonchev–Trinajstić information content (AvgIpc) is 3.30. The lowest BCUT2D eigenvalue weighted by atomic mass is 9.96. The molecule has 1 amide bonds. The molecule has 0 saturated heterocycles. The highest BCUT2D eigenvalue weighted by Crippen LogP contribution is 2.47. The average molecular weight is 360 g/mol. The first-order chi connectivity index (χ1) is 12.0. The molecular formula is C18H17FN2O3S. The predicted molar refractivity (Wildman–Crippen MR) is 90.6 cm³/mol. The summed E-state index contributed by atoms with van der Waals surface area (Å²) in [4.78, 5) is 29.4. The van der Waals surface area contributed by atoms with Crippen molar-refractivity contribution in [1.82, 2.24) is 10.3 Å². The minimum Gasteiger partial charge on any atom is -0.480 e. The number of nitrogens with zero attached hydrogens (tertiary/aromatic N) is 1. The van der Waals surface area contributed by atoms with Crippen LogP contribution < -0.4 is 5.32 Å². The number of carboxylic acids is 1. The highest BCUT2D eigenvalue weighted by molar-refractivity contribution is 7.15. The number of halogens is 1. The first-order valence-electron chi connectivity index (χ1n) is 8.29. The molecule has 1 saturated carbocycles. The molecule has 4 rings (SSSR count). The minimum absolute atomic E-state index is 0.195. The summed E-state index contributed by atoms with van der Waals surface area (Å²) >= 11 is 1.49. The standard InChI is InChI=1S/C18H17FN2O3S/c19-11-6-4-10(5-7-11)15-20-12-2-1-3-13(14(12)25-15)21-16(22)18(8-9-18)17(23)24/h4-7,13H,1-3,8-9H2,(H,21,22)(H,23,24). The van der Waals surface area contributed by atoms with E-state index in [1.807, 2.05) is 0 Å². The summed E-state index contributed by atoms with van der Waals surface area (Å²) in [5, 5.41) is 13.0. The molecule has 2 aromatic rings. The van der Waals surface area contributed by atoms with Gasteiger partial charge >= 0.3 is 5.97 Å². The number of carbonyl (C=O) groups is 2. The van der Waals surface area contributed by atoms with Crippen LogP contribution in [0.15, 0.2) is 24.3 Å². The van der Waals surface area contributed by atoms with Crippen molar-refractivity contribution in [2.45, 2.75) is 38.1 Å². The van der Waals surface area contributed by atoms with Gasteiger partial charge in [-0.05, 0) is 56.4 Å². The second-order valence-corrected chi connectivity index (χ2v) is 7.67. The Labute approximate surface area is 147 Å². The fraction of sp³-hybridized carbons (Fsp3) is 0.389. The topological polar surface area (TPSA) is 79.3 Å². The molecule has 130 valence electrons. The van der Waals surface area contributed by atoms with Crippen molar-refractivity contribution >= 4 is 23.2 Å². The van der Waals surface area contributed by atoms with Gasteiger partial charge < -0.3 is 10.4 Å². The van der Waals surface area contributed by atoms with Crippen LogP contribution in [0, 0.1) is 11.2 Å². The third-order valence-corrected chi connectivity index (χ3v) is 6.20. The summed E-state index contributed by atoms with van der Waals surface area (Å²) < 4.78 is 13.1. The number of carboxylic acid groups (broad SMARTS) is 1. The number of aryl methyl sites for hydroxylation is 1. The van der Waals surface area contributed by atoms with Gasteiger partial charge in [-0.3, -0.25) is 9.59 Å². The van der Waals surface area contributed by atoms with E-state index in [9.17, 15) is 19.1 Å². The van der Waals surface area contributed by atoms with Crippen molar-refractivity contribution in [1.29, 1.82) is 0 Å². The fourth-order valence-corrected chi connectivity index (χ4v) is 4.44. The number of thiazole rings is 1. The van der Waals surface area contributed by atoms with E-state index in [2.05, 4.69) is 10.3 Å². The first-order valence-corrected chi connectivity index (χ1v) is 9.11. The maximum Gasteiger partial charge on any atom is 0.319 e. The van der Waals surface area contributed by atoms with Crippen molar-refractivity contribution in [2.75, 3.05) is 0 Å². The molecule has 1 fully saturated rings. The lowest BCUT2D eigenvalue weighted by molar-refractivity contribution is -0.149. The smallest absolute Gasteiger partial charge is 0.319 e. The molecular weight excluding hydrogens is 343 g/mol. The van der Waals surface area contributed by atoms with E-state index in [1.165, 1.54) is 23.5 Å². The zero-order chi connectivity index (χ0) is 17.6. The van der Waals surface area contributed by atoms with E-state index < -0.39 is 17.3 Å². The summed E-state index contributed by atoms with van der Waals surface area (Å²) in [5.41, 5.74) is 0.554. The largest absolute Gasteiger partial charge is 0.480 e. The Kier molecular flexibility index (Phi) is 3.83. The molecule has 0 aliphatic heterocycles. The molecule has 1 unspecified atom stereocenters. The quantitative estimate of drug-likeness (QED) is 0.820. The van der Waals surface area contributed by atoms with Crippen molar-refractivity contribution < 1.29 is 19.1 Å². The van der Waals surface area contributed by atoms with Gasteiger partial charge in [-0.25, -0.2) is 9.37 Å². The van der Waals surface area contributed by atoms with Crippen LogP contribution in [0.4, 0.5) is 4.39 Å². The van der Waals surface area contributed by atoms with Crippen molar-refractivity contribution in [3.8, 4) is 10.6 Å². The fourth-order valence-electron chi connectivity index (χ4n) is 3.23. The zero-order valence-electron chi connectivity index (χ0n) is 13.4. The number of hydrogen-bond donors (Lipinski definition) is 2.